The first-order chi connectivity index (χ1) is 7.60. The molecule has 2 rings (SSSR count). The van der Waals surface area contributed by atoms with E-state index in [1.54, 1.807) is 0 Å². The Kier molecular flexibility index (Phi) is 3.13. The Labute approximate surface area is 95.3 Å². The fraction of sp³-hybridized carbons (Fsp3) is 0.833. The van der Waals surface area contributed by atoms with Gasteiger partial charge in [0, 0.05) is 24.7 Å². The monoisotopic (exact) mass is 226 g/mol. The molecule has 90 valence electrons. The smallest absolute Gasteiger partial charge is 0.168 e. The van der Waals surface area contributed by atoms with E-state index < -0.39 is 11.2 Å². The van der Waals surface area contributed by atoms with Gasteiger partial charge in [-0.1, -0.05) is 0 Å². The van der Waals surface area contributed by atoms with E-state index in [1.807, 2.05) is 0 Å². The Morgan fingerprint density at radius 1 is 1.19 bits per heavy atom. The van der Waals surface area contributed by atoms with E-state index in [-0.39, 0.29) is 5.78 Å². The molecule has 2 aliphatic rings. The first-order valence-electron chi connectivity index (χ1n) is 5.84. The number of Topliss-reactive ketones (excluding diaryl/α,β-unsaturated/α-hetero) is 1. The van der Waals surface area contributed by atoms with Crippen LogP contribution in [0.15, 0.2) is 0 Å². The molecule has 0 N–H and O–H groups in total. The highest BCUT2D eigenvalue weighted by Crippen LogP contribution is 2.45. The van der Waals surface area contributed by atoms with Crippen molar-refractivity contribution in [3.8, 4) is 0 Å². The van der Waals surface area contributed by atoms with Gasteiger partial charge in [0.15, 0.2) is 5.79 Å². The molecule has 1 aliphatic carbocycles. The van der Waals surface area contributed by atoms with Gasteiger partial charge in [0.25, 0.3) is 0 Å². The lowest BCUT2D eigenvalue weighted by Crippen LogP contribution is -2.41. The second-order valence-corrected chi connectivity index (χ2v) is 4.97. The van der Waals surface area contributed by atoms with Crippen molar-refractivity contribution in [1.29, 1.82) is 0 Å². The minimum atomic E-state index is -0.466. The largest absolute Gasteiger partial charge is 0.348 e. The van der Waals surface area contributed by atoms with Crippen LogP contribution in [0, 0.1) is 5.41 Å². The molecule has 1 saturated carbocycles. The minimum Gasteiger partial charge on any atom is -0.348 e. The third-order valence-corrected chi connectivity index (χ3v) is 3.67. The van der Waals surface area contributed by atoms with E-state index in [0.717, 1.165) is 19.1 Å². The molecule has 4 heteroatoms. The van der Waals surface area contributed by atoms with Crippen molar-refractivity contribution in [2.45, 2.75) is 44.8 Å². The summed E-state index contributed by atoms with van der Waals surface area (Å²) in [5.41, 5.74) is -0.466. The van der Waals surface area contributed by atoms with E-state index in [1.165, 1.54) is 6.92 Å². The SMILES string of the molecule is CC(=O)CC1(C=O)CCC2(CC1)OCCO2. The van der Waals surface area contributed by atoms with Crippen LogP contribution in [0.1, 0.15) is 39.0 Å². The number of carbonyl (C=O) groups is 2. The molecule has 0 unspecified atom stereocenters. The van der Waals surface area contributed by atoms with Crippen LogP contribution in [0.3, 0.4) is 0 Å². The molecule has 1 aliphatic heterocycles. The molecule has 16 heavy (non-hydrogen) atoms. The zero-order valence-corrected chi connectivity index (χ0v) is 9.66. The topological polar surface area (TPSA) is 52.6 Å². The maximum absolute atomic E-state index is 11.2. The summed E-state index contributed by atoms with van der Waals surface area (Å²) in [5, 5.41) is 0. The van der Waals surface area contributed by atoms with Gasteiger partial charge in [-0.15, -0.1) is 0 Å². The summed E-state index contributed by atoms with van der Waals surface area (Å²) >= 11 is 0. The van der Waals surface area contributed by atoms with E-state index >= 15 is 0 Å². The molecular weight excluding hydrogens is 208 g/mol. The maximum Gasteiger partial charge on any atom is 0.168 e. The molecule has 0 aromatic carbocycles. The highest BCUT2D eigenvalue weighted by atomic mass is 16.7. The molecule has 0 amide bonds. The Balaban J connectivity index is 2.00. The molecule has 1 spiro atoms. The first-order valence-corrected chi connectivity index (χ1v) is 5.84. The van der Waals surface area contributed by atoms with Crippen molar-refractivity contribution in [1.82, 2.24) is 0 Å². The second kappa shape index (κ2) is 4.26. The van der Waals surface area contributed by atoms with Gasteiger partial charge in [0.2, 0.25) is 0 Å². The normalized spacial score (nSPS) is 26.8. The molecule has 0 aromatic rings. The zero-order chi connectivity index (χ0) is 11.6. The fourth-order valence-corrected chi connectivity index (χ4v) is 2.75. The minimum absolute atomic E-state index is 0.0799. The van der Waals surface area contributed by atoms with Crippen molar-refractivity contribution in [3.05, 3.63) is 0 Å². The molecule has 0 bridgehead atoms. The van der Waals surface area contributed by atoms with Gasteiger partial charge < -0.3 is 14.3 Å². The molecular formula is C12H18O4. The molecule has 0 radical (unpaired) electrons. The number of hydrogen-bond donors (Lipinski definition) is 0. The van der Waals surface area contributed by atoms with Crippen molar-refractivity contribution in [2.24, 2.45) is 5.41 Å². The van der Waals surface area contributed by atoms with Crippen molar-refractivity contribution in [2.75, 3.05) is 13.2 Å². The molecule has 0 atom stereocenters. The maximum atomic E-state index is 11.2. The lowest BCUT2D eigenvalue weighted by molar-refractivity contribution is -0.191. The van der Waals surface area contributed by atoms with Crippen LogP contribution < -0.4 is 0 Å². The summed E-state index contributed by atoms with van der Waals surface area (Å²) in [6, 6.07) is 0. The Bertz CT molecular complexity index is 281. The Morgan fingerprint density at radius 3 is 2.19 bits per heavy atom. The van der Waals surface area contributed by atoms with E-state index in [0.29, 0.717) is 32.5 Å². The lowest BCUT2D eigenvalue weighted by atomic mass is 9.70. The average Bonchev–Trinajstić information content (AvgIpc) is 2.71. The lowest BCUT2D eigenvalue weighted by Gasteiger charge is -2.40. The summed E-state index contributed by atoms with van der Waals surface area (Å²) in [7, 11) is 0. The standard InChI is InChI=1S/C12H18O4/c1-10(14)8-11(9-13)2-4-12(5-3-11)15-6-7-16-12/h9H,2-8H2,1H3. The molecule has 2 fully saturated rings. The van der Waals surface area contributed by atoms with Gasteiger partial charge in [-0.05, 0) is 19.8 Å². The van der Waals surface area contributed by atoms with Crippen LogP contribution in [-0.4, -0.2) is 31.1 Å². The molecule has 1 saturated heterocycles. The number of hydrogen-bond acceptors (Lipinski definition) is 4. The Morgan fingerprint density at radius 2 is 1.75 bits per heavy atom. The predicted molar refractivity (Wildman–Crippen MR) is 56.9 cm³/mol. The van der Waals surface area contributed by atoms with Gasteiger partial charge in [0.1, 0.15) is 12.1 Å². The number of rotatable bonds is 3. The summed E-state index contributed by atoms with van der Waals surface area (Å²) in [4.78, 5) is 22.4. The van der Waals surface area contributed by atoms with Crippen molar-refractivity contribution >= 4 is 12.1 Å². The van der Waals surface area contributed by atoms with E-state index in [2.05, 4.69) is 0 Å². The van der Waals surface area contributed by atoms with Crippen LogP contribution in [0.5, 0.6) is 0 Å². The second-order valence-electron chi connectivity index (χ2n) is 4.97. The van der Waals surface area contributed by atoms with Gasteiger partial charge in [-0.3, -0.25) is 4.79 Å². The highest BCUT2D eigenvalue weighted by Gasteiger charge is 2.46. The third kappa shape index (κ3) is 2.18. The summed E-state index contributed by atoms with van der Waals surface area (Å²) in [6.45, 7) is 2.82. The molecule has 0 aromatic heterocycles. The molecule has 4 nitrogen and oxygen atoms in total. The van der Waals surface area contributed by atoms with Crippen LogP contribution in [-0.2, 0) is 19.1 Å². The number of ketones is 1. The first kappa shape index (κ1) is 11.7. The number of aldehydes is 1. The van der Waals surface area contributed by atoms with Gasteiger partial charge >= 0.3 is 0 Å². The molecule has 1 heterocycles. The predicted octanol–water partition coefficient (Wildman–Crippen LogP) is 1.47. The van der Waals surface area contributed by atoms with Crippen LogP contribution in [0.4, 0.5) is 0 Å². The zero-order valence-electron chi connectivity index (χ0n) is 9.66. The van der Waals surface area contributed by atoms with E-state index in [9.17, 15) is 9.59 Å². The van der Waals surface area contributed by atoms with Gasteiger partial charge in [-0.25, -0.2) is 0 Å². The average molecular weight is 226 g/mol. The quantitative estimate of drug-likeness (QED) is 0.684. The fourth-order valence-electron chi connectivity index (χ4n) is 2.75. The van der Waals surface area contributed by atoms with E-state index in [4.69, 9.17) is 9.47 Å². The van der Waals surface area contributed by atoms with Crippen LogP contribution in [0.25, 0.3) is 0 Å². The number of ether oxygens (including phenoxy) is 2. The third-order valence-electron chi connectivity index (χ3n) is 3.67. The van der Waals surface area contributed by atoms with Crippen molar-refractivity contribution < 1.29 is 19.1 Å². The van der Waals surface area contributed by atoms with Crippen LogP contribution in [0.2, 0.25) is 0 Å². The number of carbonyl (C=O) groups excluding carboxylic acids is 2. The van der Waals surface area contributed by atoms with Gasteiger partial charge in [0.05, 0.1) is 13.2 Å². The van der Waals surface area contributed by atoms with Crippen LogP contribution >= 0.6 is 0 Å². The summed E-state index contributed by atoms with van der Waals surface area (Å²) in [6.07, 6.45) is 4.13. The van der Waals surface area contributed by atoms with Gasteiger partial charge in [-0.2, -0.15) is 0 Å². The summed E-state index contributed by atoms with van der Waals surface area (Å²) in [5.74, 6) is -0.375. The van der Waals surface area contributed by atoms with Crippen molar-refractivity contribution in [3.63, 3.8) is 0 Å². The highest BCUT2D eigenvalue weighted by molar-refractivity contribution is 5.80. The summed E-state index contributed by atoms with van der Waals surface area (Å²) < 4.78 is 11.2. The Hall–Kier alpha value is -0.740.